The molecule has 6 heteroatoms. The van der Waals surface area contributed by atoms with Crippen molar-refractivity contribution in [2.45, 2.75) is 26.8 Å². The first-order chi connectivity index (χ1) is 9.66. The van der Waals surface area contributed by atoms with Crippen LogP contribution in [0.1, 0.15) is 32.4 Å². The second-order valence-corrected chi connectivity index (χ2v) is 6.02. The number of halogens is 2. The number of carboxylic acids is 1. The molecule has 1 aromatic rings. The summed E-state index contributed by atoms with van der Waals surface area (Å²) in [6.45, 7) is 5.08. The normalized spacial score (nSPS) is 24.2. The van der Waals surface area contributed by atoms with Gasteiger partial charge in [0.05, 0.1) is 17.9 Å². The highest BCUT2D eigenvalue weighted by Crippen LogP contribution is 2.58. The van der Waals surface area contributed by atoms with Crippen LogP contribution in [0.2, 0.25) is 0 Å². The van der Waals surface area contributed by atoms with Crippen LogP contribution in [0.5, 0.6) is 0 Å². The molecule has 1 amide bonds. The summed E-state index contributed by atoms with van der Waals surface area (Å²) in [5, 5.41) is 11.7. The number of carboxylic acid groups (broad SMARTS) is 1. The van der Waals surface area contributed by atoms with Crippen LogP contribution >= 0.6 is 0 Å². The Bertz CT molecular complexity index is 601. The van der Waals surface area contributed by atoms with Crippen molar-refractivity contribution in [2.75, 3.05) is 0 Å². The molecule has 1 aliphatic carbocycles. The predicted octanol–water partition coefficient (Wildman–Crippen LogP) is 2.50. The van der Waals surface area contributed by atoms with Gasteiger partial charge in [-0.25, -0.2) is 8.78 Å². The number of rotatable bonds is 4. The molecule has 21 heavy (non-hydrogen) atoms. The molecule has 0 heterocycles. The van der Waals surface area contributed by atoms with Crippen LogP contribution in [0, 0.1) is 28.9 Å². The standard InChI is InChI=1S/C15H17F2NO3/c1-7(8-4-5-9(16)10(17)6-8)18-13(19)11-12(14(20)21)15(11,2)3/h4-7,11-12H,1-3H3,(H,18,19)(H,20,21)/t7?,11-,12+/m1/s1. The molecule has 0 saturated heterocycles. The van der Waals surface area contributed by atoms with E-state index in [4.69, 9.17) is 5.11 Å². The molecule has 0 aromatic heterocycles. The van der Waals surface area contributed by atoms with Crippen LogP contribution in [0.4, 0.5) is 8.78 Å². The molecular weight excluding hydrogens is 280 g/mol. The van der Waals surface area contributed by atoms with E-state index in [1.807, 2.05) is 0 Å². The van der Waals surface area contributed by atoms with E-state index in [-0.39, 0.29) is 5.91 Å². The molecule has 4 nitrogen and oxygen atoms in total. The van der Waals surface area contributed by atoms with Crippen molar-refractivity contribution in [3.8, 4) is 0 Å². The zero-order valence-electron chi connectivity index (χ0n) is 12.0. The van der Waals surface area contributed by atoms with Crippen molar-refractivity contribution in [1.29, 1.82) is 0 Å². The van der Waals surface area contributed by atoms with E-state index in [0.717, 1.165) is 12.1 Å². The Morgan fingerprint density at radius 1 is 1.24 bits per heavy atom. The molecule has 1 saturated carbocycles. The van der Waals surface area contributed by atoms with Gasteiger partial charge in [-0.15, -0.1) is 0 Å². The average molecular weight is 297 g/mol. The average Bonchev–Trinajstić information content (AvgIpc) is 2.96. The maximum atomic E-state index is 13.2. The fourth-order valence-corrected chi connectivity index (χ4v) is 2.76. The monoisotopic (exact) mass is 297 g/mol. The van der Waals surface area contributed by atoms with E-state index in [9.17, 15) is 18.4 Å². The molecule has 1 aromatic carbocycles. The largest absolute Gasteiger partial charge is 0.481 e. The van der Waals surface area contributed by atoms with E-state index < -0.39 is 40.9 Å². The molecule has 2 N–H and O–H groups in total. The van der Waals surface area contributed by atoms with E-state index in [1.165, 1.54) is 6.07 Å². The molecule has 2 rings (SSSR count). The van der Waals surface area contributed by atoms with Crippen LogP contribution in [-0.2, 0) is 9.59 Å². The van der Waals surface area contributed by atoms with Gasteiger partial charge >= 0.3 is 5.97 Å². The highest BCUT2D eigenvalue weighted by Gasteiger charge is 2.65. The minimum absolute atomic E-state index is 0.385. The third-order valence-corrected chi connectivity index (χ3v) is 4.18. The second kappa shape index (κ2) is 5.09. The maximum absolute atomic E-state index is 13.2. The van der Waals surface area contributed by atoms with E-state index >= 15 is 0 Å². The van der Waals surface area contributed by atoms with Crippen LogP contribution < -0.4 is 5.32 Å². The zero-order chi connectivity index (χ0) is 15.9. The summed E-state index contributed by atoms with van der Waals surface area (Å²) in [7, 11) is 0. The Morgan fingerprint density at radius 2 is 1.86 bits per heavy atom. The van der Waals surface area contributed by atoms with Gasteiger partial charge in [0.2, 0.25) is 5.91 Å². The molecule has 114 valence electrons. The SMILES string of the molecule is CC(NC(=O)[C@H]1[C@@H](C(=O)O)C1(C)C)c1ccc(F)c(F)c1. The lowest BCUT2D eigenvalue weighted by Crippen LogP contribution is -2.30. The van der Waals surface area contributed by atoms with Gasteiger partial charge < -0.3 is 10.4 Å². The van der Waals surface area contributed by atoms with Crippen molar-refractivity contribution >= 4 is 11.9 Å². The molecule has 0 spiro atoms. The first-order valence-electron chi connectivity index (χ1n) is 6.64. The van der Waals surface area contributed by atoms with Gasteiger partial charge in [0, 0.05) is 0 Å². The molecular formula is C15H17F2NO3. The van der Waals surface area contributed by atoms with Gasteiger partial charge in [-0.1, -0.05) is 19.9 Å². The number of hydrogen-bond donors (Lipinski definition) is 2. The summed E-state index contributed by atoms with van der Waals surface area (Å²) < 4.78 is 26.1. The van der Waals surface area contributed by atoms with Gasteiger partial charge in [-0.05, 0) is 30.0 Å². The summed E-state index contributed by atoms with van der Waals surface area (Å²) in [5.74, 6) is -4.64. The van der Waals surface area contributed by atoms with Crippen LogP contribution in [-0.4, -0.2) is 17.0 Å². The number of benzene rings is 1. The summed E-state index contributed by atoms with van der Waals surface area (Å²) in [6, 6.07) is 2.87. The van der Waals surface area contributed by atoms with E-state index in [0.29, 0.717) is 5.56 Å². The highest BCUT2D eigenvalue weighted by molar-refractivity contribution is 5.91. The molecule has 3 atom stereocenters. The van der Waals surface area contributed by atoms with E-state index in [2.05, 4.69) is 5.32 Å². The van der Waals surface area contributed by atoms with Crippen molar-refractivity contribution < 1.29 is 23.5 Å². The van der Waals surface area contributed by atoms with Crippen molar-refractivity contribution in [1.82, 2.24) is 5.32 Å². The van der Waals surface area contributed by atoms with Crippen LogP contribution in [0.15, 0.2) is 18.2 Å². The fourth-order valence-electron chi connectivity index (χ4n) is 2.76. The third kappa shape index (κ3) is 2.75. The van der Waals surface area contributed by atoms with Gasteiger partial charge in [0.25, 0.3) is 0 Å². The minimum atomic E-state index is -0.999. The van der Waals surface area contributed by atoms with Gasteiger partial charge in [0.1, 0.15) is 0 Å². The van der Waals surface area contributed by atoms with Crippen molar-refractivity contribution in [3.63, 3.8) is 0 Å². The second-order valence-electron chi connectivity index (χ2n) is 6.02. The molecule has 1 unspecified atom stereocenters. The summed E-state index contributed by atoms with van der Waals surface area (Å²) >= 11 is 0. The van der Waals surface area contributed by atoms with Gasteiger partial charge in [0.15, 0.2) is 11.6 Å². The lowest BCUT2D eigenvalue weighted by molar-refractivity contribution is -0.140. The Balaban J connectivity index is 2.06. The van der Waals surface area contributed by atoms with Gasteiger partial charge in [-0.2, -0.15) is 0 Å². The smallest absolute Gasteiger partial charge is 0.307 e. The third-order valence-electron chi connectivity index (χ3n) is 4.18. The molecule has 0 bridgehead atoms. The number of nitrogens with one attached hydrogen (secondary N) is 1. The minimum Gasteiger partial charge on any atom is -0.481 e. The molecule has 1 aliphatic rings. The molecule has 0 radical (unpaired) electrons. The Labute approximate surface area is 121 Å². The summed E-state index contributed by atoms with van der Waals surface area (Å²) in [4.78, 5) is 23.2. The number of carbonyl (C=O) groups is 2. The molecule has 1 fully saturated rings. The lowest BCUT2D eigenvalue weighted by Gasteiger charge is -2.15. The Morgan fingerprint density at radius 3 is 2.33 bits per heavy atom. The Kier molecular flexibility index (Phi) is 3.74. The summed E-state index contributed by atoms with van der Waals surface area (Å²) in [6.07, 6.45) is 0. The maximum Gasteiger partial charge on any atom is 0.307 e. The quantitative estimate of drug-likeness (QED) is 0.897. The fraction of sp³-hybridized carbons (Fsp3) is 0.467. The predicted molar refractivity (Wildman–Crippen MR) is 71.3 cm³/mol. The number of hydrogen-bond acceptors (Lipinski definition) is 2. The first kappa shape index (κ1) is 15.4. The zero-order valence-corrected chi connectivity index (χ0v) is 12.0. The van der Waals surface area contributed by atoms with Crippen LogP contribution in [0.3, 0.4) is 0 Å². The van der Waals surface area contributed by atoms with Crippen molar-refractivity contribution in [3.05, 3.63) is 35.4 Å². The lowest BCUT2D eigenvalue weighted by atomic mass is 10.1. The topological polar surface area (TPSA) is 66.4 Å². The summed E-state index contributed by atoms with van der Waals surface area (Å²) in [5.41, 5.74) is -0.170. The highest BCUT2D eigenvalue weighted by atomic mass is 19.2. The van der Waals surface area contributed by atoms with Crippen LogP contribution in [0.25, 0.3) is 0 Å². The number of amides is 1. The van der Waals surface area contributed by atoms with E-state index in [1.54, 1.807) is 20.8 Å². The number of carbonyl (C=O) groups excluding carboxylic acids is 1. The Hall–Kier alpha value is -1.98. The first-order valence-corrected chi connectivity index (χ1v) is 6.64. The molecule has 0 aliphatic heterocycles. The van der Waals surface area contributed by atoms with Gasteiger partial charge in [-0.3, -0.25) is 9.59 Å². The number of aliphatic carboxylic acids is 1. The van der Waals surface area contributed by atoms with Crippen molar-refractivity contribution in [2.24, 2.45) is 17.3 Å².